The van der Waals surface area contributed by atoms with Crippen molar-refractivity contribution < 1.29 is 4.79 Å². The number of carbonyl (C=O) groups excluding carboxylic acids is 1. The number of likely N-dealkylation sites (tertiary alicyclic amines) is 1. The third kappa shape index (κ3) is 2.10. The maximum atomic E-state index is 12.5. The first-order valence-electron chi connectivity index (χ1n) is 8.15. The Balaban J connectivity index is 1.46. The summed E-state index contributed by atoms with van der Waals surface area (Å²) in [6, 6.07) is 0.223. The van der Waals surface area contributed by atoms with E-state index in [2.05, 4.69) is 0 Å². The number of nitrogens with two attached hydrogens (primary N) is 1. The van der Waals surface area contributed by atoms with Crippen LogP contribution in [0.4, 0.5) is 0 Å². The first-order valence-corrected chi connectivity index (χ1v) is 8.15. The first kappa shape index (κ1) is 12.2. The maximum absolute atomic E-state index is 12.5. The fourth-order valence-corrected chi connectivity index (χ4v) is 5.95. The summed E-state index contributed by atoms with van der Waals surface area (Å²) in [6.07, 6.45) is 10.2. The average molecular weight is 262 g/mol. The third-order valence-electron chi connectivity index (χ3n) is 6.27. The highest BCUT2D eigenvalue weighted by Gasteiger charge is 2.51. The molecule has 1 saturated heterocycles. The normalized spacial score (nSPS) is 47.9. The summed E-state index contributed by atoms with van der Waals surface area (Å²) in [6.45, 7) is 1.69. The highest BCUT2D eigenvalue weighted by molar-refractivity contribution is 5.77. The van der Waals surface area contributed by atoms with Crippen LogP contribution in [0.3, 0.4) is 0 Å². The number of hydrogen-bond acceptors (Lipinski definition) is 2. The molecule has 4 bridgehead atoms. The number of carbonyl (C=O) groups is 1. The molecular formula is C16H26N2O. The molecular weight excluding hydrogens is 236 g/mol. The van der Waals surface area contributed by atoms with Crippen LogP contribution in [0.25, 0.3) is 0 Å². The summed E-state index contributed by atoms with van der Waals surface area (Å²) in [5, 5.41) is 0. The van der Waals surface area contributed by atoms with Gasteiger partial charge in [0.15, 0.2) is 0 Å². The van der Waals surface area contributed by atoms with Gasteiger partial charge in [-0.25, -0.2) is 0 Å². The Hall–Kier alpha value is -0.570. The quantitative estimate of drug-likeness (QED) is 0.829. The Bertz CT molecular complexity index is 357. The van der Waals surface area contributed by atoms with Gasteiger partial charge in [-0.3, -0.25) is 4.79 Å². The molecule has 0 aromatic carbocycles. The molecule has 3 heteroatoms. The third-order valence-corrected chi connectivity index (χ3v) is 6.27. The molecule has 19 heavy (non-hydrogen) atoms. The number of amides is 1. The van der Waals surface area contributed by atoms with Crippen molar-refractivity contribution in [2.24, 2.45) is 28.9 Å². The second kappa shape index (κ2) is 4.21. The van der Waals surface area contributed by atoms with Gasteiger partial charge in [0.1, 0.15) is 0 Å². The number of rotatable bonds is 2. The second-order valence-corrected chi connectivity index (χ2v) is 7.98. The van der Waals surface area contributed by atoms with Gasteiger partial charge < -0.3 is 10.6 Å². The molecule has 3 nitrogen and oxygen atoms in total. The molecule has 1 heterocycles. The highest BCUT2D eigenvalue weighted by atomic mass is 16.2. The van der Waals surface area contributed by atoms with Gasteiger partial charge in [-0.1, -0.05) is 0 Å². The monoisotopic (exact) mass is 262 g/mol. The minimum Gasteiger partial charge on any atom is -0.341 e. The summed E-state index contributed by atoms with van der Waals surface area (Å²) >= 11 is 0. The van der Waals surface area contributed by atoms with Gasteiger partial charge in [-0.05, 0) is 68.1 Å². The van der Waals surface area contributed by atoms with Crippen LogP contribution in [0.2, 0.25) is 0 Å². The van der Waals surface area contributed by atoms with Crippen molar-refractivity contribution in [1.82, 2.24) is 4.90 Å². The maximum Gasteiger partial charge on any atom is 0.223 e. The molecule has 0 aromatic rings. The van der Waals surface area contributed by atoms with E-state index in [1.165, 1.54) is 38.5 Å². The van der Waals surface area contributed by atoms with Gasteiger partial charge in [0.05, 0.1) is 0 Å². The van der Waals surface area contributed by atoms with E-state index in [1.54, 1.807) is 0 Å². The zero-order valence-electron chi connectivity index (χ0n) is 11.8. The molecule has 4 saturated carbocycles. The van der Waals surface area contributed by atoms with Crippen LogP contribution in [0, 0.1) is 23.2 Å². The lowest BCUT2D eigenvalue weighted by atomic mass is 9.49. The van der Waals surface area contributed by atoms with Gasteiger partial charge in [0, 0.05) is 25.6 Å². The Kier molecular flexibility index (Phi) is 2.70. The molecule has 1 amide bonds. The molecule has 0 spiro atoms. The largest absolute Gasteiger partial charge is 0.341 e. The van der Waals surface area contributed by atoms with Crippen molar-refractivity contribution in [3.63, 3.8) is 0 Å². The van der Waals surface area contributed by atoms with E-state index < -0.39 is 0 Å². The van der Waals surface area contributed by atoms with Crippen molar-refractivity contribution >= 4 is 5.91 Å². The summed E-state index contributed by atoms with van der Waals surface area (Å²) in [5.41, 5.74) is 6.32. The van der Waals surface area contributed by atoms with E-state index in [4.69, 9.17) is 5.73 Å². The van der Waals surface area contributed by atoms with Gasteiger partial charge in [0.2, 0.25) is 5.91 Å². The van der Waals surface area contributed by atoms with Crippen LogP contribution in [0.5, 0.6) is 0 Å². The number of hydrogen-bond donors (Lipinski definition) is 1. The van der Waals surface area contributed by atoms with Crippen LogP contribution in [-0.4, -0.2) is 29.9 Å². The molecule has 5 rings (SSSR count). The number of nitrogens with zero attached hydrogens (tertiary/aromatic N) is 1. The Morgan fingerprint density at radius 1 is 1.11 bits per heavy atom. The smallest absolute Gasteiger partial charge is 0.223 e. The Labute approximate surface area is 115 Å². The molecule has 0 unspecified atom stereocenters. The van der Waals surface area contributed by atoms with Crippen LogP contribution in [0.15, 0.2) is 0 Å². The molecule has 5 fully saturated rings. The standard InChI is InChI=1S/C16H26N2O/c17-14-1-2-18(10-14)15(19)9-16-6-11-3-12(7-16)5-13(4-11)8-16/h11-14H,1-10,17H2/t11?,12?,13?,14-,16?/m1/s1. The zero-order chi connectivity index (χ0) is 13.0. The predicted molar refractivity (Wildman–Crippen MR) is 74.4 cm³/mol. The Morgan fingerprint density at radius 3 is 2.16 bits per heavy atom. The molecule has 0 aromatic heterocycles. The lowest BCUT2D eigenvalue weighted by Crippen LogP contribution is -2.48. The fourth-order valence-electron chi connectivity index (χ4n) is 5.95. The van der Waals surface area contributed by atoms with Crippen LogP contribution >= 0.6 is 0 Å². The fraction of sp³-hybridized carbons (Fsp3) is 0.938. The van der Waals surface area contributed by atoms with Crippen molar-refractivity contribution in [3.8, 4) is 0 Å². The van der Waals surface area contributed by atoms with Crippen molar-refractivity contribution in [3.05, 3.63) is 0 Å². The van der Waals surface area contributed by atoms with Crippen LogP contribution < -0.4 is 5.73 Å². The van der Waals surface area contributed by atoms with Crippen molar-refractivity contribution in [2.75, 3.05) is 13.1 Å². The zero-order valence-corrected chi connectivity index (χ0v) is 11.8. The summed E-state index contributed by atoms with van der Waals surface area (Å²) < 4.78 is 0. The van der Waals surface area contributed by atoms with Crippen LogP contribution in [0.1, 0.15) is 51.4 Å². The van der Waals surface area contributed by atoms with E-state index in [0.717, 1.165) is 43.7 Å². The first-order chi connectivity index (χ1) is 9.12. The molecule has 0 radical (unpaired) electrons. The predicted octanol–water partition coefficient (Wildman–Crippen LogP) is 2.15. The molecule has 4 aliphatic carbocycles. The lowest BCUT2D eigenvalue weighted by Gasteiger charge is -2.56. The van der Waals surface area contributed by atoms with Gasteiger partial charge >= 0.3 is 0 Å². The topological polar surface area (TPSA) is 46.3 Å². The van der Waals surface area contributed by atoms with E-state index in [9.17, 15) is 4.79 Å². The van der Waals surface area contributed by atoms with Crippen LogP contribution in [-0.2, 0) is 4.79 Å². The van der Waals surface area contributed by atoms with E-state index in [1.807, 2.05) is 4.90 Å². The molecule has 2 N–H and O–H groups in total. The van der Waals surface area contributed by atoms with Crippen molar-refractivity contribution in [2.45, 2.75) is 57.4 Å². The van der Waals surface area contributed by atoms with E-state index >= 15 is 0 Å². The van der Waals surface area contributed by atoms with Gasteiger partial charge in [-0.15, -0.1) is 0 Å². The van der Waals surface area contributed by atoms with E-state index in [-0.39, 0.29) is 6.04 Å². The summed E-state index contributed by atoms with van der Waals surface area (Å²) in [7, 11) is 0. The molecule has 1 atom stereocenters. The molecule has 106 valence electrons. The minimum absolute atomic E-state index is 0.223. The molecule has 5 aliphatic rings. The van der Waals surface area contributed by atoms with Gasteiger partial charge in [-0.2, -0.15) is 0 Å². The second-order valence-electron chi connectivity index (χ2n) is 7.98. The van der Waals surface area contributed by atoms with Crippen molar-refractivity contribution in [1.29, 1.82) is 0 Å². The molecule has 1 aliphatic heterocycles. The lowest BCUT2D eigenvalue weighted by molar-refractivity contribution is -0.138. The van der Waals surface area contributed by atoms with Gasteiger partial charge in [0.25, 0.3) is 0 Å². The highest BCUT2D eigenvalue weighted by Crippen LogP contribution is 2.61. The Morgan fingerprint density at radius 2 is 1.68 bits per heavy atom. The SMILES string of the molecule is N[C@@H]1CCN(C(=O)CC23CC4CC(CC(C4)C2)C3)C1. The average Bonchev–Trinajstić information content (AvgIpc) is 2.73. The summed E-state index contributed by atoms with van der Waals surface area (Å²) in [5.74, 6) is 3.23. The van der Waals surface area contributed by atoms with E-state index in [0.29, 0.717) is 11.3 Å². The summed E-state index contributed by atoms with van der Waals surface area (Å²) in [4.78, 5) is 14.6. The minimum atomic E-state index is 0.223.